The van der Waals surface area contributed by atoms with Crippen molar-refractivity contribution in [3.05, 3.63) is 0 Å². The average Bonchev–Trinajstić information content (AvgIpc) is 2.54. The Morgan fingerprint density at radius 3 is 2.58 bits per heavy atom. The molecule has 2 unspecified atom stereocenters. The molecule has 1 amide bonds. The smallest absolute Gasteiger partial charge is 0.220 e. The zero-order valence-electron chi connectivity index (χ0n) is 15.4. The molecule has 2 N–H and O–H groups in total. The molecule has 0 aromatic rings. The molecule has 6 heteroatoms. The highest BCUT2D eigenvalue weighted by molar-refractivity contribution is 5.85. The van der Waals surface area contributed by atoms with Gasteiger partial charge >= 0.3 is 0 Å². The average molecular weight is 382 g/mol. The van der Waals surface area contributed by atoms with Gasteiger partial charge in [-0.3, -0.25) is 4.79 Å². The number of carbonyl (C=O) groups excluding carboxylic acids is 1. The van der Waals surface area contributed by atoms with Gasteiger partial charge in [0, 0.05) is 13.0 Å². The first kappa shape index (κ1) is 24.0. The Labute approximate surface area is 160 Å². The molecule has 2 aliphatic heterocycles. The molecule has 0 spiro atoms. The molecule has 144 valence electrons. The van der Waals surface area contributed by atoms with Crippen molar-refractivity contribution < 1.29 is 4.79 Å². The maximum Gasteiger partial charge on any atom is 0.220 e. The van der Waals surface area contributed by atoms with Gasteiger partial charge in [-0.15, -0.1) is 24.8 Å². The molecular weight excluding hydrogens is 345 g/mol. The zero-order valence-corrected chi connectivity index (χ0v) is 17.0. The third kappa shape index (κ3) is 8.89. The Kier molecular flexibility index (Phi) is 13.2. The van der Waals surface area contributed by atoms with Gasteiger partial charge in [-0.1, -0.05) is 13.8 Å². The van der Waals surface area contributed by atoms with Crippen molar-refractivity contribution in [3.63, 3.8) is 0 Å². The van der Waals surface area contributed by atoms with Crippen LogP contribution in [-0.2, 0) is 4.79 Å². The lowest BCUT2D eigenvalue weighted by Gasteiger charge is -2.30. The summed E-state index contributed by atoms with van der Waals surface area (Å²) < 4.78 is 0. The largest absolute Gasteiger partial charge is 0.356 e. The minimum absolute atomic E-state index is 0. The molecule has 2 atom stereocenters. The van der Waals surface area contributed by atoms with E-state index in [0.717, 1.165) is 38.5 Å². The molecule has 2 saturated heterocycles. The number of hydrogen-bond acceptors (Lipinski definition) is 3. The fourth-order valence-electron chi connectivity index (χ4n) is 3.71. The van der Waals surface area contributed by atoms with Crippen LogP contribution in [0.2, 0.25) is 0 Å². The van der Waals surface area contributed by atoms with Crippen LogP contribution in [0.25, 0.3) is 0 Å². The van der Waals surface area contributed by atoms with Gasteiger partial charge in [0.15, 0.2) is 0 Å². The van der Waals surface area contributed by atoms with Crippen LogP contribution in [0.1, 0.15) is 52.4 Å². The molecule has 0 radical (unpaired) electrons. The molecule has 0 aromatic heterocycles. The van der Waals surface area contributed by atoms with Crippen LogP contribution in [0.4, 0.5) is 0 Å². The quantitative estimate of drug-likeness (QED) is 0.665. The Hall–Kier alpha value is -0.0300. The maximum atomic E-state index is 12.0. The van der Waals surface area contributed by atoms with Crippen molar-refractivity contribution in [2.45, 2.75) is 52.4 Å². The summed E-state index contributed by atoms with van der Waals surface area (Å²) in [5.74, 6) is 2.31. The van der Waals surface area contributed by atoms with E-state index in [0.29, 0.717) is 18.3 Å². The number of nitrogens with zero attached hydrogens (tertiary/aromatic N) is 1. The van der Waals surface area contributed by atoms with Crippen LogP contribution in [0.5, 0.6) is 0 Å². The summed E-state index contributed by atoms with van der Waals surface area (Å²) in [7, 11) is 0. The summed E-state index contributed by atoms with van der Waals surface area (Å²) >= 11 is 0. The minimum atomic E-state index is 0. The number of piperidine rings is 2. The second-order valence-corrected chi connectivity index (χ2v) is 7.52. The first-order valence-electron chi connectivity index (χ1n) is 9.35. The first-order valence-corrected chi connectivity index (χ1v) is 9.35. The highest BCUT2D eigenvalue weighted by Crippen LogP contribution is 2.22. The van der Waals surface area contributed by atoms with E-state index >= 15 is 0 Å². The molecule has 24 heavy (non-hydrogen) atoms. The molecule has 2 fully saturated rings. The predicted molar refractivity (Wildman–Crippen MR) is 106 cm³/mol. The number of amides is 1. The maximum absolute atomic E-state index is 12.0. The van der Waals surface area contributed by atoms with Gasteiger partial charge in [0.1, 0.15) is 0 Å². The summed E-state index contributed by atoms with van der Waals surface area (Å²) in [5, 5.41) is 6.56. The van der Waals surface area contributed by atoms with Crippen LogP contribution >= 0.6 is 24.8 Å². The van der Waals surface area contributed by atoms with Gasteiger partial charge in [0.05, 0.1) is 0 Å². The predicted octanol–water partition coefficient (Wildman–Crippen LogP) is 3.09. The SMILES string of the molecule is CC1CCN(CCCNC(=O)CC(C)C2CCCNC2)CC1.Cl.Cl. The Balaban J connectivity index is 0.00000264. The third-order valence-corrected chi connectivity index (χ3v) is 5.50. The van der Waals surface area contributed by atoms with E-state index in [-0.39, 0.29) is 30.7 Å². The zero-order chi connectivity index (χ0) is 15.8. The summed E-state index contributed by atoms with van der Waals surface area (Å²) in [6.07, 6.45) is 6.96. The van der Waals surface area contributed by atoms with E-state index in [1.807, 2.05) is 0 Å². The number of hydrogen-bond donors (Lipinski definition) is 2. The number of nitrogens with one attached hydrogen (secondary N) is 2. The van der Waals surface area contributed by atoms with Crippen LogP contribution < -0.4 is 10.6 Å². The minimum Gasteiger partial charge on any atom is -0.356 e. The first-order chi connectivity index (χ1) is 10.6. The van der Waals surface area contributed by atoms with Gasteiger partial charge in [0.25, 0.3) is 0 Å². The van der Waals surface area contributed by atoms with Crippen molar-refractivity contribution in [2.75, 3.05) is 39.3 Å². The molecule has 2 rings (SSSR count). The lowest BCUT2D eigenvalue weighted by molar-refractivity contribution is -0.122. The van der Waals surface area contributed by atoms with Gasteiger partial charge in [-0.2, -0.15) is 0 Å². The Morgan fingerprint density at radius 2 is 1.96 bits per heavy atom. The summed E-state index contributed by atoms with van der Waals surface area (Å²) in [6, 6.07) is 0. The van der Waals surface area contributed by atoms with Crippen molar-refractivity contribution >= 4 is 30.7 Å². The van der Waals surface area contributed by atoms with Gasteiger partial charge < -0.3 is 15.5 Å². The van der Waals surface area contributed by atoms with Crippen LogP contribution in [0, 0.1) is 17.8 Å². The summed E-state index contributed by atoms with van der Waals surface area (Å²) in [5.41, 5.74) is 0. The molecule has 0 saturated carbocycles. The standard InChI is InChI=1S/C18H35N3O.2ClH/c1-15-6-11-21(12-7-15)10-4-9-20-18(22)13-16(2)17-5-3-8-19-14-17;;/h15-17,19H,3-14H2,1-2H3,(H,20,22);2*1H. The highest BCUT2D eigenvalue weighted by atomic mass is 35.5. The lowest BCUT2D eigenvalue weighted by atomic mass is 9.85. The molecule has 0 aromatic carbocycles. The van der Waals surface area contributed by atoms with E-state index in [1.165, 1.54) is 38.8 Å². The van der Waals surface area contributed by atoms with Crippen molar-refractivity contribution in [3.8, 4) is 0 Å². The van der Waals surface area contributed by atoms with E-state index in [9.17, 15) is 4.79 Å². The molecule has 0 bridgehead atoms. The van der Waals surface area contributed by atoms with E-state index in [2.05, 4.69) is 29.4 Å². The summed E-state index contributed by atoms with van der Waals surface area (Å²) in [6.45, 7) is 11.2. The second kappa shape index (κ2) is 13.2. The fraction of sp³-hybridized carbons (Fsp3) is 0.944. The Morgan fingerprint density at radius 1 is 1.25 bits per heavy atom. The Bertz CT molecular complexity index is 330. The highest BCUT2D eigenvalue weighted by Gasteiger charge is 2.21. The topological polar surface area (TPSA) is 44.4 Å². The van der Waals surface area contributed by atoms with E-state index in [1.54, 1.807) is 0 Å². The molecular formula is C18H37Cl2N3O. The fourth-order valence-corrected chi connectivity index (χ4v) is 3.71. The number of carbonyl (C=O) groups is 1. The molecule has 0 aliphatic carbocycles. The summed E-state index contributed by atoms with van der Waals surface area (Å²) in [4.78, 5) is 14.6. The van der Waals surface area contributed by atoms with E-state index in [4.69, 9.17) is 0 Å². The van der Waals surface area contributed by atoms with Crippen LogP contribution in [-0.4, -0.2) is 50.1 Å². The van der Waals surface area contributed by atoms with Gasteiger partial charge in [-0.05, 0) is 82.6 Å². The number of halogens is 2. The van der Waals surface area contributed by atoms with Crippen LogP contribution in [0.3, 0.4) is 0 Å². The van der Waals surface area contributed by atoms with Crippen molar-refractivity contribution in [1.29, 1.82) is 0 Å². The molecule has 4 nitrogen and oxygen atoms in total. The second-order valence-electron chi connectivity index (χ2n) is 7.52. The van der Waals surface area contributed by atoms with Crippen molar-refractivity contribution in [2.24, 2.45) is 17.8 Å². The van der Waals surface area contributed by atoms with Gasteiger partial charge in [0.2, 0.25) is 5.91 Å². The number of likely N-dealkylation sites (tertiary alicyclic amines) is 1. The number of rotatable bonds is 7. The van der Waals surface area contributed by atoms with E-state index < -0.39 is 0 Å². The molecule has 2 heterocycles. The third-order valence-electron chi connectivity index (χ3n) is 5.50. The monoisotopic (exact) mass is 381 g/mol. The van der Waals surface area contributed by atoms with Gasteiger partial charge in [-0.25, -0.2) is 0 Å². The van der Waals surface area contributed by atoms with Crippen LogP contribution in [0.15, 0.2) is 0 Å². The van der Waals surface area contributed by atoms with Crippen molar-refractivity contribution in [1.82, 2.24) is 15.5 Å². The normalized spacial score (nSPS) is 23.7. The molecule has 2 aliphatic rings. The lowest BCUT2D eigenvalue weighted by Crippen LogP contribution is -2.37.